The van der Waals surface area contributed by atoms with Crippen molar-refractivity contribution < 1.29 is 0 Å². The van der Waals surface area contributed by atoms with Gasteiger partial charge in [0.1, 0.15) is 0 Å². The van der Waals surface area contributed by atoms with Crippen LogP contribution in [0.3, 0.4) is 0 Å². The van der Waals surface area contributed by atoms with Crippen LogP contribution in [0.1, 0.15) is 11.4 Å². The van der Waals surface area contributed by atoms with Gasteiger partial charge in [0, 0.05) is 18.3 Å². The highest BCUT2D eigenvalue weighted by atomic mass is 15.5. The van der Waals surface area contributed by atoms with Crippen molar-refractivity contribution in [1.82, 2.24) is 34.9 Å². The smallest absolute Gasteiger partial charge is 0.170 e. The number of nitrogens with zero attached hydrogens (tertiary/aromatic N) is 7. The fraction of sp³-hybridized carbons (Fsp3) is 0.158. The van der Waals surface area contributed by atoms with E-state index in [2.05, 4.69) is 25.5 Å². The van der Waals surface area contributed by atoms with Crippen LogP contribution in [0.15, 0.2) is 73.1 Å². The molecule has 0 spiro atoms. The predicted molar refractivity (Wildman–Crippen MR) is 97.9 cm³/mol. The molecule has 7 nitrogen and oxygen atoms in total. The molecule has 130 valence electrons. The van der Waals surface area contributed by atoms with E-state index in [1.54, 1.807) is 4.68 Å². The quantitative estimate of drug-likeness (QED) is 0.537. The Balaban J connectivity index is 1.45. The average molecular weight is 345 g/mol. The van der Waals surface area contributed by atoms with Crippen molar-refractivity contribution in [3.63, 3.8) is 0 Å². The molecular formula is C19H19N7. The first-order chi connectivity index (χ1) is 12.8. The zero-order valence-corrected chi connectivity index (χ0v) is 14.5. The summed E-state index contributed by atoms with van der Waals surface area (Å²) in [5.74, 6) is 0.800. The number of hydrogen-bond acceptors (Lipinski definition) is 5. The number of rotatable bonds is 6. The summed E-state index contributed by atoms with van der Waals surface area (Å²) in [6.45, 7) is 1.40. The van der Waals surface area contributed by atoms with E-state index in [4.69, 9.17) is 0 Å². The van der Waals surface area contributed by atoms with Crippen LogP contribution in [0.5, 0.6) is 0 Å². The minimum atomic E-state index is 0.637. The second-order valence-electron chi connectivity index (χ2n) is 6.14. The largest absolute Gasteiger partial charge is 0.295 e. The average Bonchev–Trinajstić information content (AvgIpc) is 3.33. The van der Waals surface area contributed by atoms with E-state index in [0.717, 1.165) is 29.3 Å². The molecule has 4 aromatic rings. The maximum absolute atomic E-state index is 4.45. The van der Waals surface area contributed by atoms with Crippen LogP contribution in [-0.4, -0.2) is 41.9 Å². The van der Waals surface area contributed by atoms with Crippen molar-refractivity contribution in [3.05, 3.63) is 84.4 Å². The molecule has 0 N–H and O–H groups in total. The number of para-hydroxylation sites is 2. The Morgan fingerprint density at radius 2 is 1.58 bits per heavy atom. The summed E-state index contributed by atoms with van der Waals surface area (Å²) in [6, 6.07) is 20.0. The molecule has 0 atom stereocenters. The lowest BCUT2D eigenvalue weighted by Crippen LogP contribution is -2.20. The lowest BCUT2D eigenvalue weighted by Gasteiger charge is -2.15. The summed E-state index contributed by atoms with van der Waals surface area (Å²) in [5, 5.41) is 16.5. The topological polar surface area (TPSA) is 64.7 Å². The minimum Gasteiger partial charge on any atom is -0.295 e. The maximum Gasteiger partial charge on any atom is 0.170 e. The second kappa shape index (κ2) is 7.28. The van der Waals surface area contributed by atoms with Gasteiger partial charge in [0.05, 0.1) is 24.1 Å². The zero-order chi connectivity index (χ0) is 17.8. The Morgan fingerprint density at radius 1 is 0.885 bits per heavy atom. The molecule has 0 radical (unpaired) electrons. The lowest BCUT2D eigenvalue weighted by atomic mass is 10.3. The molecule has 0 unspecified atom stereocenters. The summed E-state index contributed by atoms with van der Waals surface area (Å²) < 4.78 is 3.65. The second-order valence-corrected chi connectivity index (χ2v) is 6.14. The molecule has 0 saturated heterocycles. The molecule has 0 aliphatic heterocycles. The molecular weight excluding hydrogens is 326 g/mol. The van der Waals surface area contributed by atoms with Crippen LogP contribution in [0.25, 0.3) is 11.4 Å². The zero-order valence-electron chi connectivity index (χ0n) is 14.5. The normalized spacial score (nSPS) is 11.2. The van der Waals surface area contributed by atoms with Crippen molar-refractivity contribution in [2.45, 2.75) is 13.1 Å². The van der Waals surface area contributed by atoms with Gasteiger partial charge in [-0.25, -0.2) is 4.68 Å². The van der Waals surface area contributed by atoms with Gasteiger partial charge in [0.2, 0.25) is 0 Å². The number of hydrogen-bond donors (Lipinski definition) is 0. The number of aromatic nitrogens is 6. The van der Waals surface area contributed by atoms with E-state index < -0.39 is 0 Å². The molecule has 0 saturated carbocycles. The molecule has 26 heavy (non-hydrogen) atoms. The predicted octanol–water partition coefficient (Wildman–Crippen LogP) is 2.48. The van der Waals surface area contributed by atoms with E-state index in [-0.39, 0.29) is 0 Å². The van der Waals surface area contributed by atoms with E-state index >= 15 is 0 Å². The molecule has 0 bridgehead atoms. The van der Waals surface area contributed by atoms with Crippen LogP contribution < -0.4 is 0 Å². The van der Waals surface area contributed by atoms with Crippen LogP contribution in [-0.2, 0) is 13.1 Å². The third-order valence-corrected chi connectivity index (χ3v) is 4.06. The van der Waals surface area contributed by atoms with Crippen molar-refractivity contribution in [1.29, 1.82) is 0 Å². The summed E-state index contributed by atoms with van der Waals surface area (Å²) in [5.41, 5.74) is 3.14. The first kappa shape index (κ1) is 16.2. The highest BCUT2D eigenvalue weighted by Crippen LogP contribution is 2.12. The van der Waals surface area contributed by atoms with Crippen LogP contribution in [0.2, 0.25) is 0 Å². The van der Waals surface area contributed by atoms with Gasteiger partial charge >= 0.3 is 0 Å². The van der Waals surface area contributed by atoms with Crippen molar-refractivity contribution >= 4 is 0 Å². The Bertz CT molecular complexity index is 960. The summed E-state index contributed by atoms with van der Waals surface area (Å²) in [7, 11) is 2.05. The standard InChI is InChI=1S/C19H19N7/c1-24(13-16-12-20-25(14-16)17-8-4-2-5-9-17)15-19-21-22-23-26(19)18-10-6-3-7-11-18/h2-12,14H,13,15H2,1H3. The highest BCUT2D eigenvalue weighted by molar-refractivity contribution is 5.31. The van der Waals surface area contributed by atoms with Crippen LogP contribution in [0, 0.1) is 0 Å². The molecule has 0 amide bonds. The van der Waals surface area contributed by atoms with E-state index in [9.17, 15) is 0 Å². The lowest BCUT2D eigenvalue weighted by molar-refractivity contribution is 0.307. The molecule has 0 aliphatic rings. The molecule has 4 rings (SSSR count). The van der Waals surface area contributed by atoms with Crippen LogP contribution >= 0.6 is 0 Å². The van der Waals surface area contributed by atoms with E-state index in [1.165, 1.54) is 0 Å². The minimum absolute atomic E-state index is 0.637. The molecule has 0 aliphatic carbocycles. The Morgan fingerprint density at radius 3 is 2.31 bits per heavy atom. The van der Waals surface area contributed by atoms with Gasteiger partial charge in [-0.3, -0.25) is 4.90 Å². The van der Waals surface area contributed by atoms with Crippen molar-refractivity contribution in [2.24, 2.45) is 0 Å². The van der Waals surface area contributed by atoms with Gasteiger partial charge in [0.25, 0.3) is 0 Å². The van der Waals surface area contributed by atoms with Gasteiger partial charge in [-0.2, -0.15) is 9.78 Å². The molecule has 0 fully saturated rings. The molecule has 2 heterocycles. The Labute approximate surface area is 151 Å². The molecule has 7 heteroatoms. The summed E-state index contributed by atoms with van der Waals surface area (Å²) in [6.07, 6.45) is 3.94. The van der Waals surface area contributed by atoms with Gasteiger partial charge < -0.3 is 0 Å². The first-order valence-electron chi connectivity index (χ1n) is 8.40. The Kier molecular flexibility index (Phi) is 4.53. The SMILES string of the molecule is CN(Cc1cnn(-c2ccccc2)c1)Cc1nnnn1-c1ccccc1. The van der Waals surface area contributed by atoms with E-state index in [1.807, 2.05) is 84.8 Å². The molecule has 2 aromatic carbocycles. The maximum atomic E-state index is 4.45. The third kappa shape index (κ3) is 3.52. The van der Waals surface area contributed by atoms with E-state index in [0.29, 0.717) is 6.54 Å². The van der Waals surface area contributed by atoms with Crippen molar-refractivity contribution in [2.75, 3.05) is 7.05 Å². The van der Waals surface area contributed by atoms with Gasteiger partial charge in [-0.15, -0.1) is 5.10 Å². The highest BCUT2D eigenvalue weighted by Gasteiger charge is 2.12. The summed E-state index contributed by atoms with van der Waals surface area (Å²) in [4.78, 5) is 2.16. The van der Waals surface area contributed by atoms with Gasteiger partial charge in [0.15, 0.2) is 5.82 Å². The van der Waals surface area contributed by atoms with Crippen LogP contribution in [0.4, 0.5) is 0 Å². The van der Waals surface area contributed by atoms with Gasteiger partial charge in [-0.05, 0) is 41.7 Å². The monoisotopic (exact) mass is 345 g/mol. The van der Waals surface area contributed by atoms with Crippen molar-refractivity contribution in [3.8, 4) is 11.4 Å². The van der Waals surface area contributed by atoms with Gasteiger partial charge in [-0.1, -0.05) is 36.4 Å². The number of benzene rings is 2. The Hall–Kier alpha value is -3.32. The third-order valence-electron chi connectivity index (χ3n) is 4.06. The first-order valence-corrected chi connectivity index (χ1v) is 8.40. The fourth-order valence-corrected chi connectivity index (χ4v) is 2.85. The molecule has 2 aromatic heterocycles. The summed E-state index contributed by atoms with van der Waals surface area (Å²) >= 11 is 0. The fourth-order valence-electron chi connectivity index (χ4n) is 2.85. The number of tetrazole rings is 1.